The van der Waals surface area contributed by atoms with E-state index in [2.05, 4.69) is 5.32 Å². The van der Waals surface area contributed by atoms with Crippen molar-refractivity contribution in [1.82, 2.24) is 5.32 Å². The van der Waals surface area contributed by atoms with E-state index in [0.717, 1.165) is 12.0 Å². The number of hydrogen-bond acceptors (Lipinski definition) is 6. The molecule has 1 aliphatic carbocycles. The van der Waals surface area contributed by atoms with Gasteiger partial charge in [0.15, 0.2) is 18.1 Å². The summed E-state index contributed by atoms with van der Waals surface area (Å²) in [5.41, 5.74) is 0.778. The third-order valence-corrected chi connectivity index (χ3v) is 3.97. The van der Waals surface area contributed by atoms with Crippen LogP contribution in [0.2, 0.25) is 0 Å². The van der Waals surface area contributed by atoms with E-state index < -0.39 is 0 Å². The van der Waals surface area contributed by atoms with Gasteiger partial charge in [-0.05, 0) is 30.0 Å². The van der Waals surface area contributed by atoms with Gasteiger partial charge in [-0.3, -0.25) is 9.59 Å². The highest BCUT2D eigenvalue weighted by molar-refractivity contribution is 5.82. The number of ether oxygens (including phenoxy) is 4. The second-order valence-corrected chi connectivity index (χ2v) is 5.74. The molecule has 0 aliphatic heterocycles. The van der Waals surface area contributed by atoms with E-state index in [9.17, 15) is 9.59 Å². The highest BCUT2D eigenvalue weighted by Gasteiger charge is 2.40. The number of amides is 1. The Hall–Kier alpha value is -2.44. The normalized spacial score (nSPS) is 18.5. The topological polar surface area (TPSA) is 83.1 Å². The summed E-state index contributed by atoms with van der Waals surface area (Å²) in [5.74, 6) is 1.16. The van der Waals surface area contributed by atoms with Crippen molar-refractivity contribution in [3.8, 4) is 17.2 Å². The predicted molar refractivity (Wildman–Crippen MR) is 86.2 cm³/mol. The zero-order valence-corrected chi connectivity index (χ0v) is 14.4. The summed E-state index contributed by atoms with van der Waals surface area (Å²) in [6.07, 6.45) is 0.839. The lowest BCUT2D eigenvalue weighted by atomic mass is 10.1. The maximum absolute atomic E-state index is 11.8. The zero-order chi connectivity index (χ0) is 17.7. The van der Waals surface area contributed by atoms with E-state index in [4.69, 9.17) is 18.9 Å². The first-order valence-corrected chi connectivity index (χ1v) is 7.72. The molecule has 1 aromatic carbocycles. The van der Waals surface area contributed by atoms with Crippen molar-refractivity contribution in [3.63, 3.8) is 0 Å². The highest BCUT2D eigenvalue weighted by atomic mass is 16.5. The van der Waals surface area contributed by atoms with Crippen LogP contribution in [0.3, 0.4) is 0 Å². The first-order valence-electron chi connectivity index (χ1n) is 7.72. The predicted octanol–water partition coefficient (Wildman–Crippen LogP) is 1.53. The van der Waals surface area contributed by atoms with Gasteiger partial charge in [0.25, 0.3) is 5.91 Å². The number of benzene rings is 1. The van der Waals surface area contributed by atoms with Gasteiger partial charge >= 0.3 is 5.97 Å². The summed E-state index contributed by atoms with van der Waals surface area (Å²) in [6, 6.07) is 3.50. The summed E-state index contributed by atoms with van der Waals surface area (Å²) >= 11 is 0. The van der Waals surface area contributed by atoms with E-state index >= 15 is 0 Å². The van der Waals surface area contributed by atoms with Crippen LogP contribution in [0.4, 0.5) is 0 Å². The average molecular weight is 337 g/mol. The molecule has 0 radical (unpaired) electrons. The summed E-state index contributed by atoms with van der Waals surface area (Å²) in [6.45, 7) is 1.97. The molecule has 0 bridgehead atoms. The van der Waals surface area contributed by atoms with E-state index in [1.165, 1.54) is 21.3 Å². The van der Waals surface area contributed by atoms with Crippen molar-refractivity contribution in [2.45, 2.75) is 19.9 Å². The molecule has 24 heavy (non-hydrogen) atoms. The summed E-state index contributed by atoms with van der Waals surface area (Å²) < 4.78 is 20.8. The molecule has 1 fully saturated rings. The third-order valence-electron chi connectivity index (χ3n) is 3.97. The van der Waals surface area contributed by atoms with Gasteiger partial charge in [-0.15, -0.1) is 0 Å². The van der Waals surface area contributed by atoms with E-state index in [1.54, 1.807) is 12.1 Å². The molecule has 2 rings (SSSR count). The monoisotopic (exact) mass is 337 g/mol. The molecule has 132 valence electrons. The molecule has 1 aliphatic rings. The molecule has 1 saturated carbocycles. The molecular formula is C17H23NO6. The van der Waals surface area contributed by atoms with Crippen LogP contribution >= 0.6 is 0 Å². The number of hydrogen-bond donors (Lipinski definition) is 1. The Morgan fingerprint density at radius 3 is 2.17 bits per heavy atom. The molecule has 1 aromatic rings. The van der Waals surface area contributed by atoms with Crippen molar-refractivity contribution in [2.75, 3.05) is 27.9 Å². The Bertz CT molecular complexity index is 590. The SMILES string of the molecule is COc1cc(CNC(=O)COC(=O)[C@H]2C[C@H]2C)cc(OC)c1OC. The molecule has 0 heterocycles. The van der Waals surface area contributed by atoms with Gasteiger partial charge in [0.1, 0.15) is 0 Å². The Morgan fingerprint density at radius 2 is 1.71 bits per heavy atom. The van der Waals surface area contributed by atoms with Crippen LogP contribution < -0.4 is 19.5 Å². The van der Waals surface area contributed by atoms with Crippen LogP contribution in [-0.2, 0) is 20.9 Å². The number of carbonyl (C=O) groups is 2. The molecule has 7 heteroatoms. The number of methoxy groups -OCH3 is 3. The second-order valence-electron chi connectivity index (χ2n) is 5.74. The average Bonchev–Trinajstić information content (AvgIpc) is 3.33. The van der Waals surface area contributed by atoms with Crippen LogP contribution in [0.1, 0.15) is 18.9 Å². The Kier molecular flexibility index (Phi) is 5.89. The smallest absolute Gasteiger partial charge is 0.309 e. The first kappa shape index (κ1) is 17.9. The van der Waals surface area contributed by atoms with Crippen molar-refractivity contribution in [1.29, 1.82) is 0 Å². The summed E-state index contributed by atoms with van der Waals surface area (Å²) in [4.78, 5) is 23.4. The minimum absolute atomic E-state index is 0.0482. The van der Waals surface area contributed by atoms with Gasteiger partial charge in [-0.2, -0.15) is 0 Å². The molecular weight excluding hydrogens is 314 g/mol. The number of esters is 1. The minimum atomic E-state index is -0.356. The van der Waals surface area contributed by atoms with Gasteiger partial charge < -0.3 is 24.3 Å². The Morgan fingerprint density at radius 1 is 1.12 bits per heavy atom. The standard InChI is InChI=1S/C17H23NO6/c1-10-5-12(10)17(20)24-9-15(19)18-8-11-6-13(21-2)16(23-4)14(7-11)22-3/h6-7,10,12H,5,8-9H2,1-4H3,(H,18,19)/t10-,12+/m1/s1. The van der Waals surface area contributed by atoms with Crippen LogP contribution in [0.5, 0.6) is 17.2 Å². The molecule has 0 unspecified atom stereocenters. The molecule has 0 saturated heterocycles. The van der Waals surface area contributed by atoms with Gasteiger partial charge in [0, 0.05) is 6.54 Å². The zero-order valence-electron chi connectivity index (χ0n) is 14.4. The second kappa shape index (κ2) is 7.90. The van der Waals surface area contributed by atoms with Gasteiger partial charge in [0.05, 0.1) is 27.2 Å². The lowest BCUT2D eigenvalue weighted by Crippen LogP contribution is -2.28. The lowest BCUT2D eigenvalue weighted by Gasteiger charge is -2.14. The molecule has 1 amide bonds. The lowest BCUT2D eigenvalue weighted by molar-refractivity contribution is -0.150. The van der Waals surface area contributed by atoms with E-state index in [0.29, 0.717) is 23.2 Å². The molecule has 0 spiro atoms. The maximum Gasteiger partial charge on any atom is 0.309 e. The van der Waals surface area contributed by atoms with Gasteiger partial charge in [-0.25, -0.2) is 0 Å². The number of carbonyl (C=O) groups excluding carboxylic acids is 2. The molecule has 1 N–H and O–H groups in total. The van der Waals surface area contributed by atoms with Crippen molar-refractivity contribution >= 4 is 11.9 Å². The fourth-order valence-electron chi connectivity index (χ4n) is 2.38. The first-order chi connectivity index (χ1) is 11.5. The van der Waals surface area contributed by atoms with E-state index in [1.807, 2.05) is 6.92 Å². The van der Waals surface area contributed by atoms with Crippen molar-refractivity contribution in [2.24, 2.45) is 11.8 Å². The summed E-state index contributed by atoms with van der Waals surface area (Å²) in [7, 11) is 4.58. The third kappa shape index (κ3) is 4.31. The highest BCUT2D eigenvalue weighted by Crippen LogP contribution is 2.39. The number of nitrogens with one attached hydrogen (secondary N) is 1. The van der Waals surface area contributed by atoms with Crippen molar-refractivity contribution < 1.29 is 28.5 Å². The Labute approximate surface area is 141 Å². The van der Waals surface area contributed by atoms with E-state index in [-0.39, 0.29) is 30.9 Å². The van der Waals surface area contributed by atoms with Crippen LogP contribution in [-0.4, -0.2) is 39.8 Å². The summed E-state index contributed by atoms with van der Waals surface area (Å²) in [5, 5.41) is 2.70. The Balaban J connectivity index is 1.88. The van der Waals surface area contributed by atoms with Gasteiger partial charge in [-0.1, -0.05) is 6.92 Å². The fourth-order valence-corrected chi connectivity index (χ4v) is 2.38. The maximum atomic E-state index is 11.8. The van der Waals surface area contributed by atoms with Crippen LogP contribution in [0, 0.1) is 11.8 Å². The largest absolute Gasteiger partial charge is 0.493 e. The molecule has 7 nitrogen and oxygen atoms in total. The molecule has 2 atom stereocenters. The van der Waals surface area contributed by atoms with Crippen LogP contribution in [0.15, 0.2) is 12.1 Å². The van der Waals surface area contributed by atoms with Crippen LogP contribution in [0.25, 0.3) is 0 Å². The minimum Gasteiger partial charge on any atom is -0.493 e. The quantitative estimate of drug-likeness (QED) is 0.724. The molecule has 0 aromatic heterocycles. The van der Waals surface area contributed by atoms with Gasteiger partial charge in [0.2, 0.25) is 5.75 Å². The van der Waals surface area contributed by atoms with Crippen molar-refractivity contribution in [3.05, 3.63) is 17.7 Å². The fraction of sp³-hybridized carbons (Fsp3) is 0.529. The number of rotatable bonds is 8.